The Hall–Kier alpha value is -3.54. The second-order valence-corrected chi connectivity index (χ2v) is 10.3. The van der Waals surface area contributed by atoms with E-state index in [1.54, 1.807) is 9.47 Å². The van der Waals surface area contributed by atoms with Crippen LogP contribution < -0.4 is 10.1 Å². The molecule has 0 unspecified atom stereocenters. The van der Waals surface area contributed by atoms with E-state index in [4.69, 9.17) is 9.47 Å². The normalized spacial score (nSPS) is 18.0. The molecule has 10 nitrogen and oxygen atoms in total. The van der Waals surface area contributed by atoms with E-state index in [9.17, 15) is 14.3 Å². The quantitative estimate of drug-likeness (QED) is 0.451. The van der Waals surface area contributed by atoms with Crippen LogP contribution in [0.2, 0.25) is 0 Å². The monoisotopic (exact) mass is 538 g/mol. The fraction of sp³-hybridized carbons (Fsp3) is 0.464. The van der Waals surface area contributed by atoms with Crippen LogP contribution >= 0.6 is 0 Å². The van der Waals surface area contributed by atoms with Gasteiger partial charge in [-0.05, 0) is 61.6 Å². The maximum absolute atomic E-state index is 14.8. The molecular formula is C28H35FN6O4. The number of hydrogen-bond acceptors (Lipinski definition) is 8. The smallest absolute Gasteiger partial charge is 0.260 e. The van der Waals surface area contributed by atoms with E-state index in [0.717, 1.165) is 47.1 Å². The van der Waals surface area contributed by atoms with E-state index in [-0.39, 0.29) is 30.4 Å². The molecule has 2 aromatic heterocycles. The van der Waals surface area contributed by atoms with Gasteiger partial charge in [0.05, 0.1) is 25.5 Å². The van der Waals surface area contributed by atoms with E-state index < -0.39 is 5.82 Å². The minimum absolute atomic E-state index is 0.0322. The molecule has 208 valence electrons. The Morgan fingerprint density at radius 2 is 1.90 bits per heavy atom. The van der Waals surface area contributed by atoms with Crippen LogP contribution in [0.15, 0.2) is 30.7 Å². The Kier molecular flexibility index (Phi) is 8.10. The molecule has 0 spiro atoms. The lowest BCUT2D eigenvalue weighted by molar-refractivity contribution is -0.137. The van der Waals surface area contributed by atoms with Gasteiger partial charge in [0.2, 0.25) is 5.95 Å². The number of aliphatic hydroxyl groups is 1. The van der Waals surface area contributed by atoms with Crippen LogP contribution in [0.4, 0.5) is 16.0 Å². The van der Waals surface area contributed by atoms with E-state index in [1.165, 1.54) is 0 Å². The highest BCUT2D eigenvalue weighted by Gasteiger charge is 2.22. The molecule has 11 heteroatoms. The second kappa shape index (κ2) is 11.7. The molecule has 3 aromatic rings. The van der Waals surface area contributed by atoms with Gasteiger partial charge in [0, 0.05) is 50.8 Å². The van der Waals surface area contributed by atoms with Crippen molar-refractivity contribution in [3.8, 4) is 11.6 Å². The summed E-state index contributed by atoms with van der Waals surface area (Å²) in [6, 6.07) is 3.77. The van der Waals surface area contributed by atoms with Gasteiger partial charge in [-0.1, -0.05) is 0 Å². The van der Waals surface area contributed by atoms with Crippen LogP contribution in [0, 0.1) is 26.6 Å². The first kappa shape index (κ1) is 27.0. The summed E-state index contributed by atoms with van der Waals surface area (Å²) in [5, 5.41) is 13.0. The Bertz CT molecular complexity index is 1320. The summed E-state index contributed by atoms with van der Waals surface area (Å²) in [5.74, 6) is 0.478. The maximum Gasteiger partial charge on any atom is 0.260 e. The Morgan fingerprint density at radius 1 is 1.15 bits per heavy atom. The molecule has 0 bridgehead atoms. The third-order valence-electron chi connectivity index (χ3n) is 7.17. The first-order chi connectivity index (χ1) is 18.8. The zero-order chi connectivity index (χ0) is 27.5. The number of benzene rings is 1. The van der Waals surface area contributed by atoms with Crippen LogP contribution in [-0.2, 0) is 16.1 Å². The van der Waals surface area contributed by atoms with Gasteiger partial charge >= 0.3 is 0 Å². The Labute approximate surface area is 227 Å². The fourth-order valence-corrected chi connectivity index (χ4v) is 5.10. The molecule has 2 fully saturated rings. The van der Waals surface area contributed by atoms with Gasteiger partial charge in [-0.25, -0.2) is 9.37 Å². The van der Waals surface area contributed by atoms with Crippen molar-refractivity contribution in [2.45, 2.75) is 39.8 Å². The number of amides is 1. The van der Waals surface area contributed by atoms with Crippen LogP contribution in [0.25, 0.3) is 5.82 Å². The number of anilines is 2. The largest absolute Gasteiger partial charge is 0.483 e. The Morgan fingerprint density at radius 3 is 2.59 bits per heavy atom. The number of aromatic nitrogens is 3. The Balaban J connectivity index is 1.27. The molecular weight excluding hydrogens is 503 g/mol. The highest BCUT2D eigenvalue weighted by molar-refractivity contribution is 5.78. The summed E-state index contributed by atoms with van der Waals surface area (Å²) < 4.78 is 27.7. The summed E-state index contributed by atoms with van der Waals surface area (Å²) in [7, 11) is 0. The number of carbonyl (C=O) groups excluding carboxylic acids is 1. The summed E-state index contributed by atoms with van der Waals surface area (Å²) >= 11 is 0. The predicted octanol–water partition coefficient (Wildman–Crippen LogP) is 2.88. The van der Waals surface area contributed by atoms with Crippen LogP contribution in [0.1, 0.15) is 28.7 Å². The van der Waals surface area contributed by atoms with Gasteiger partial charge < -0.3 is 29.4 Å². The summed E-state index contributed by atoms with van der Waals surface area (Å²) in [5.41, 5.74) is 4.52. The number of halogens is 1. The molecule has 2 aliphatic heterocycles. The summed E-state index contributed by atoms with van der Waals surface area (Å²) in [6.45, 7) is 10.2. The molecule has 2 N–H and O–H groups in total. The lowest BCUT2D eigenvalue weighted by atomic mass is 10.1. The number of aryl methyl sites for hydroxylation is 3. The highest BCUT2D eigenvalue weighted by Crippen LogP contribution is 2.29. The molecule has 0 radical (unpaired) electrons. The van der Waals surface area contributed by atoms with Gasteiger partial charge in [-0.15, -0.1) is 0 Å². The minimum Gasteiger partial charge on any atom is -0.483 e. The van der Waals surface area contributed by atoms with Crippen molar-refractivity contribution in [1.82, 2.24) is 24.3 Å². The topological polar surface area (TPSA) is 105 Å². The van der Waals surface area contributed by atoms with Crippen LogP contribution in [0.3, 0.4) is 0 Å². The highest BCUT2D eigenvalue weighted by atomic mass is 19.1. The number of β-amino-alcohol motifs (C(OH)–C–C–N with tert-alkyl or cyclic N) is 1. The number of nitrogens with zero attached hydrogens (tertiary/aromatic N) is 5. The third-order valence-corrected chi connectivity index (χ3v) is 7.17. The molecule has 2 aliphatic rings. The number of morpholine rings is 1. The van der Waals surface area contributed by atoms with Gasteiger partial charge in [0.25, 0.3) is 5.91 Å². The molecule has 2 saturated heterocycles. The van der Waals surface area contributed by atoms with Gasteiger partial charge in [-0.2, -0.15) is 4.98 Å². The minimum atomic E-state index is -0.528. The number of ether oxygens (including phenoxy) is 2. The first-order valence-corrected chi connectivity index (χ1v) is 13.2. The molecule has 1 amide bonds. The predicted molar refractivity (Wildman–Crippen MR) is 144 cm³/mol. The SMILES string of the molecule is Cc1cn(-c2nc(Nc3cc(C)c(OCC(=O)N4CCOCC4)c(C)c3)ncc2F)cc1CN1CC[C@@H](O)C1. The van der Waals surface area contributed by atoms with Crippen molar-refractivity contribution in [3.63, 3.8) is 0 Å². The lowest BCUT2D eigenvalue weighted by Gasteiger charge is -2.27. The molecule has 1 atom stereocenters. The van der Waals surface area contributed by atoms with Crippen molar-refractivity contribution in [3.05, 3.63) is 58.8 Å². The van der Waals surface area contributed by atoms with Gasteiger partial charge in [-0.3, -0.25) is 9.69 Å². The molecule has 1 aromatic carbocycles. The zero-order valence-corrected chi connectivity index (χ0v) is 22.6. The summed E-state index contributed by atoms with van der Waals surface area (Å²) in [6.07, 6.45) is 5.38. The van der Waals surface area contributed by atoms with Gasteiger partial charge in [0.15, 0.2) is 18.2 Å². The second-order valence-electron chi connectivity index (χ2n) is 10.3. The number of rotatable bonds is 8. The number of likely N-dealkylation sites (tertiary alicyclic amines) is 1. The van der Waals surface area contributed by atoms with E-state index >= 15 is 0 Å². The lowest BCUT2D eigenvalue weighted by Crippen LogP contribution is -2.43. The fourth-order valence-electron chi connectivity index (χ4n) is 5.10. The van der Waals surface area contributed by atoms with E-state index in [0.29, 0.717) is 45.1 Å². The molecule has 39 heavy (non-hydrogen) atoms. The van der Waals surface area contributed by atoms with Crippen molar-refractivity contribution in [2.24, 2.45) is 0 Å². The van der Waals surface area contributed by atoms with Crippen molar-refractivity contribution >= 4 is 17.5 Å². The zero-order valence-electron chi connectivity index (χ0n) is 22.6. The van der Waals surface area contributed by atoms with E-state index in [1.807, 2.05) is 45.3 Å². The molecule has 0 saturated carbocycles. The average Bonchev–Trinajstić information content (AvgIpc) is 3.49. The average molecular weight is 539 g/mol. The molecule has 5 rings (SSSR count). The van der Waals surface area contributed by atoms with Crippen molar-refractivity contribution in [1.29, 1.82) is 0 Å². The summed E-state index contributed by atoms with van der Waals surface area (Å²) in [4.78, 5) is 25.0. The number of hydrogen-bond donors (Lipinski definition) is 2. The number of nitrogens with one attached hydrogen (secondary N) is 1. The third kappa shape index (κ3) is 6.38. The van der Waals surface area contributed by atoms with E-state index in [2.05, 4.69) is 20.2 Å². The number of carbonyl (C=O) groups is 1. The van der Waals surface area contributed by atoms with Crippen molar-refractivity contribution < 1.29 is 23.8 Å². The molecule has 4 heterocycles. The maximum atomic E-state index is 14.8. The first-order valence-electron chi connectivity index (χ1n) is 13.2. The number of aliphatic hydroxyl groups excluding tert-OH is 1. The molecule has 0 aliphatic carbocycles. The van der Waals surface area contributed by atoms with Crippen molar-refractivity contribution in [2.75, 3.05) is 51.3 Å². The van der Waals surface area contributed by atoms with Gasteiger partial charge in [0.1, 0.15) is 5.75 Å². The van der Waals surface area contributed by atoms with Crippen LogP contribution in [0.5, 0.6) is 5.75 Å². The standard InChI is InChI=1S/C28H35FN6O4/c1-18-10-22(11-19(2)26(18)39-17-25(37)34-6-8-38-9-7-34)31-28-30-12-24(29)27(32-28)35-13-20(3)21(15-35)14-33-5-4-23(36)16-33/h10-13,15,23,36H,4-9,14,16-17H2,1-3H3,(H,30,31,32)/t23-/m1/s1. The van der Waals surface area contributed by atoms with Crippen LogP contribution in [-0.4, -0.2) is 87.5 Å².